The molecule has 110 valence electrons. The summed E-state index contributed by atoms with van der Waals surface area (Å²) in [6, 6.07) is 8.01. The highest BCUT2D eigenvalue weighted by Gasteiger charge is 2.13. The predicted octanol–water partition coefficient (Wildman–Crippen LogP) is 5.19. The van der Waals surface area contributed by atoms with E-state index < -0.39 is 0 Å². The Labute approximate surface area is 122 Å². The maximum Gasteiger partial charge on any atom is 0.199 e. The van der Waals surface area contributed by atoms with Crippen LogP contribution in [0.5, 0.6) is 5.75 Å². The summed E-state index contributed by atoms with van der Waals surface area (Å²) in [5.41, 5.74) is 1.03. The summed E-state index contributed by atoms with van der Waals surface area (Å²) >= 11 is 0. The molecule has 1 aliphatic heterocycles. The molecule has 0 aromatic heterocycles. The summed E-state index contributed by atoms with van der Waals surface area (Å²) in [7, 11) is 0. The fourth-order valence-corrected chi connectivity index (χ4v) is 2.59. The summed E-state index contributed by atoms with van der Waals surface area (Å²) in [6.45, 7) is 4.64. The van der Waals surface area contributed by atoms with Gasteiger partial charge in [0.15, 0.2) is 6.29 Å². The van der Waals surface area contributed by atoms with Crippen molar-refractivity contribution in [2.45, 2.75) is 57.7 Å². The topological polar surface area (TPSA) is 18.5 Å². The molecule has 0 N–H and O–H groups in total. The Morgan fingerprint density at radius 2 is 1.70 bits per heavy atom. The van der Waals surface area contributed by atoms with Gasteiger partial charge in [-0.2, -0.15) is 0 Å². The minimum absolute atomic E-state index is 0.116. The van der Waals surface area contributed by atoms with Crippen LogP contribution in [0.2, 0.25) is 0 Å². The second-order valence-corrected chi connectivity index (χ2v) is 5.42. The minimum Gasteiger partial charge on any atom is -0.464 e. The Morgan fingerprint density at radius 1 is 1.00 bits per heavy atom. The number of ether oxygens (including phenoxy) is 2. The lowest BCUT2D eigenvalue weighted by atomic mass is 10.1. The molecule has 0 bridgehead atoms. The third-order valence-corrected chi connectivity index (χ3v) is 3.79. The summed E-state index contributed by atoms with van der Waals surface area (Å²) in [5, 5.41) is 0. The highest BCUT2D eigenvalue weighted by molar-refractivity contribution is 5.55. The van der Waals surface area contributed by atoms with Crippen molar-refractivity contribution in [2.24, 2.45) is 0 Å². The molecule has 1 unspecified atom stereocenters. The zero-order valence-electron chi connectivity index (χ0n) is 12.4. The molecule has 1 fully saturated rings. The average molecular weight is 274 g/mol. The molecule has 1 aromatic carbocycles. The summed E-state index contributed by atoms with van der Waals surface area (Å²) in [6.07, 6.45) is 11.6. The van der Waals surface area contributed by atoms with Crippen molar-refractivity contribution in [3.63, 3.8) is 0 Å². The SMILES string of the molecule is C=Cc1ccccc1OC1CCCCCCCCCO1. The van der Waals surface area contributed by atoms with E-state index in [1.807, 2.05) is 30.3 Å². The van der Waals surface area contributed by atoms with Crippen molar-refractivity contribution in [3.05, 3.63) is 36.4 Å². The van der Waals surface area contributed by atoms with Gasteiger partial charge in [0, 0.05) is 12.0 Å². The molecule has 0 aliphatic carbocycles. The van der Waals surface area contributed by atoms with Crippen LogP contribution in [0.3, 0.4) is 0 Å². The highest BCUT2D eigenvalue weighted by atomic mass is 16.7. The van der Waals surface area contributed by atoms with E-state index in [0.29, 0.717) is 0 Å². The largest absolute Gasteiger partial charge is 0.464 e. The van der Waals surface area contributed by atoms with E-state index in [1.54, 1.807) is 0 Å². The Morgan fingerprint density at radius 3 is 2.50 bits per heavy atom. The van der Waals surface area contributed by atoms with E-state index in [1.165, 1.54) is 38.5 Å². The molecule has 2 heteroatoms. The number of hydrogen-bond donors (Lipinski definition) is 0. The van der Waals surface area contributed by atoms with Crippen LogP contribution in [0.15, 0.2) is 30.8 Å². The van der Waals surface area contributed by atoms with Gasteiger partial charge in [0.1, 0.15) is 5.75 Å². The van der Waals surface area contributed by atoms with Gasteiger partial charge >= 0.3 is 0 Å². The number of hydrogen-bond acceptors (Lipinski definition) is 2. The molecule has 1 aromatic rings. The molecule has 0 saturated carbocycles. The van der Waals surface area contributed by atoms with Crippen molar-refractivity contribution in [3.8, 4) is 5.75 Å². The Hall–Kier alpha value is -1.28. The maximum absolute atomic E-state index is 6.06. The summed E-state index contributed by atoms with van der Waals surface area (Å²) in [4.78, 5) is 0. The second kappa shape index (κ2) is 8.80. The Kier molecular flexibility index (Phi) is 6.65. The zero-order chi connectivity index (χ0) is 14.0. The van der Waals surface area contributed by atoms with E-state index in [0.717, 1.165) is 30.8 Å². The molecule has 2 rings (SSSR count). The van der Waals surface area contributed by atoms with Gasteiger partial charge in [0.2, 0.25) is 0 Å². The first-order valence-corrected chi connectivity index (χ1v) is 7.90. The Bertz CT molecular complexity index is 388. The van der Waals surface area contributed by atoms with Gasteiger partial charge in [-0.1, -0.05) is 63.0 Å². The third-order valence-electron chi connectivity index (χ3n) is 3.79. The lowest BCUT2D eigenvalue weighted by Crippen LogP contribution is -2.21. The molecule has 1 atom stereocenters. The van der Waals surface area contributed by atoms with Crippen LogP contribution in [0, 0.1) is 0 Å². The van der Waals surface area contributed by atoms with Crippen molar-refractivity contribution in [1.29, 1.82) is 0 Å². The minimum atomic E-state index is -0.116. The first-order valence-electron chi connectivity index (χ1n) is 7.90. The van der Waals surface area contributed by atoms with E-state index >= 15 is 0 Å². The lowest BCUT2D eigenvalue weighted by molar-refractivity contribution is -0.0862. The van der Waals surface area contributed by atoms with Gasteiger partial charge in [-0.05, 0) is 18.9 Å². The number of rotatable bonds is 3. The molecule has 1 heterocycles. The van der Waals surface area contributed by atoms with Crippen molar-refractivity contribution in [1.82, 2.24) is 0 Å². The van der Waals surface area contributed by atoms with E-state index in [2.05, 4.69) is 6.58 Å². The first-order chi connectivity index (χ1) is 9.90. The van der Waals surface area contributed by atoms with Crippen LogP contribution in [0.4, 0.5) is 0 Å². The van der Waals surface area contributed by atoms with Crippen LogP contribution in [0.25, 0.3) is 6.08 Å². The fourth-order valence-electron chi connectivity index (χ4n) is 2.59. The average Bonchev–Trinajstić information content (AvgIpc) is 2.54. The maximum atomic E-state index is 6.06. The van der Waals surface area contributed by atoms with Gasteiger partial charge in [-0.3, -0.25) is 0 Å². The van der Waals surface area contributed by atoms with E-state index in [4.69, 9.17) is 9.47 Å². The molecular formula is C18H26O2. The van der Waals surface area contributed by atoms with Gasteiger partial charge in [-0.25, -0.2) is 0 Å². The second-order valence-electron chi connectivity index (χ2n) is 5.42. The first kappa shape index (κ1) is 15.1. The lowest BCUT2D eigenvalue weighted by Gasteiger charge is -2.20. The molecule has 0 amide bonds. The van der Waals surface area contributed by atoms with Crippen LogP contribution in [-0.4, -0.2) is 12.9 Å². The zero-order valence-corrected chi connectivity index (χ0v) is 12.4. The molecule has 2 nitrogen and oxygen atoms in total. The van der Waals surface area contributed by atoms with Crippen LogP contribution < -0.4 is 4.74 Å². The van der Waals surface area contributed by atoms with E-state index in [-0.39, 0.29) is 6.29 Å². The van der Waals surface area contributed by atoms with Crippen molar-refractivity contribution < 1.29 is 9.47 Å². The van der Waals surface area contributed by atoms with Crippen molar-refractivity contribution in [2.75, 3.05) is 6.61 Å². The monoisotopic (exact) mass is 274 g/mol. The van der Waals surface area contributed by atoms with E-state index in [9.17, 15) is 0 Å². The molecular weight excluding hydrogens is 248 g/mol. The third kappa shape index (κ3) is 5.01. The molecule has 1 aliphatic rings. The van der Waals surface area contributed by atoms with Gasteiger partial charge in [0.25, 0.3) is 0 Å². The van der Waals surface area contributed by atoms with Gasteiger partial charge in [-0.15, -0.1) is 0 Å². The summed E-state index contributed by atoms with van der Waals surface area (Å²) < 4.78 is 12.0. The highest BCUT2D eigenvalue weighted by Crippen LogP contribution is 2.23. The summed E-state index contributed by atoms with van der Waals surface area (Å²) in [5.74, 6) is 0.877. The molecule has 1 saturated heterocycles. The number of para-hydroxylation sites is 1. The molecule has 0 radical (unpaired) electrons. The quantitative estimate of drug-likeness (QED) is 0.755. The Balaban J connectivity index is 1.94. The number of benzene rings is 1. The fraction of sp³-hybridized carbons (Fsp3) is 0.556. The van der Waals surface area contributed by atoms with Crippen LogP contribution in [0.1, 0.15) is 56.9 Å². The van der Waals surface area contributed by atoms with Gasteiger partial charge < -0.3 is 9.47 Å². The molecule has 0 spiro atoms. The smallest absolute Gasteiger partial charge is 0.199 e. The predicted molar refractivity (Wildman–Crippen MR) is 83.8 cm³/mol. The van der Waals surface area contributed by atoms with Gasteiger partial charge in [0.05, 0.1) is 6.61 Å². The standard InChI is InChI=1S/C18H26O2/c1-2-16-12-9-10-13-17(16)20-18-14-8-6-4-3-5-7-11-15-19-18/h2,9-10,12-13,18H,1,3-8,11,14-15H2. The molecule has 20 heavy (non-hydrogen) atoms. The van der Waals surface area contributed by atoms with Crippen LogP contribution >= 0.6 is 0 Å². The van der Waals surface area contributed by atoms with Crippen molar-refractivity contribution >= 4 is 6.08 Å². The van der Waals surface area contributed by atoms with Crippen LogP contribution in [-0.2, 0) is 4.74 Å². The normalized spacial score (nSPS) is 21.7.